The van der Waals surface area contributed by atoms with Gasteiger partial charge in [-0.25, -0.2) is 5.43 Å². The number of hydrogen-bond donors (Lipinski definition) is 2. The number of para-hydroxylation sites is 1. The third-order valence-corrected chi connectivity index (χ3v) is 7.15. The molecule has 0 saturated heterocycles. The lowest BCUT2D eigenvalue weighted by Crippen LogP contribution is -2.50. The highest BCUT2D eigenvalue weighted by Gasteiger charge is 2.25. The molecule has 0 radical (unpaired) electrons. The van der Waals surface area contributed by atoms with Crippen LogP contribution in [0.15, 0.2) is 107 Å². The molecule has 0 bridgehead atoms. The van der Waals surface area contributed by atoms with Crippen LogP contribution in [0.1, 0.15) is 23.6 Å². The van der Waals surface area contributed by atoms with Crippen molar-refractivity contribution < 1.29 is 19.1 Å². The summed E-state index contributed by atoms with van der Waals surface area (Å²) in [6, 6.07) is 28.4. The lowest BCUT2D eigenvalue weighted by molar-refractivity contribution is -0.132. The molecule has 2 atom stereocenters. The number of nitrogens with zero attached hydrogens (tertiary/aromatic N) is 1. The second kappa shape index (κ2) is 15.4. The van der Waals surface area contributed by atoms with Crippen molar-refractivity contribution in [2.24, 2.45) is 5.10 Å². The Morgan fingerprint density at radius 1 is 0.881 bits per heavy atom. The summed E-state index contributed by atoms with van der Waals surface area (Å²) in [5, 5.41) is 7.64. The van der Waals surface area contributed by atoms with Crippen molar-refractivity contribution in [2.75, 3.05) is 0 Å². The molecule has 0 spiro atoms. The molecule has 42 heavy (non-hydrogen) atoms. The van der Waals surface area contributed by atoms with Crippen LogP contribution in [0.3, 0.4) is 0 Å². The van der Waals surface area contributed by atoms with Crippen molar-refractivity contribution in [1.82, 2.24) is 10.7 Å². The number of carbonyl (C=O) groups is 2. The topological polar surface area (TPSA) is 89.0 Å². The van der Waals surface area contributed by atoms with Gasteiger partial charge in [0.05, 0.1) is 11.2 Å². The summed E-state index contributed by atoms with van der Waals surface area (Å²) in [6.45, 7) is 1.94. The minimum absolute atomic E-state index is 0.245. The fraction of sp³-hybridized carbons (Fsp3) is 0.156. The molecule has 0 aliphatic rings. The Labute approximate surface area is 263 Å². The van der Waals surface area contributed by atoms with Gasteiger partial charge in [0.25, 0.3) is 11.8 Å². The summed E-state index contributed by atoms with van der Waals surface area (Å²) in [6.07, 6.45) is 0.813. The van der Waals surface area contributed by atoms with E-state index in [-0.39, 0.29) is 11.4 Å². The number of ether oxygens (including phenoxy) is 2. The average Bonchev–Trinajstić information content (AvgIpc) is 2.99. The van der Waals surface area contributed by atoms with Crippen LogP contribution in [0.4, 0.5) is 0 Å². The molecule has 2 N–H and O–H groups in total. The highest BCUT2D eigenvalue weighted by molar-refractivity contribution is 9.10. The van der Waals surface area contributed by atoms with Gasteiger partial charge in [0.15, 0.2) is 6.10 Å². The van der Waals surface area contributed by atoms with Crippen LogP contribution >= 0.6 is 39.1 Å². The van der Waals surface area contributed by atoms with Crippen molar-refractivity contribution in [1.29, 1.82) is 0 Å². The fourth-order valence-corrected chi connectivity index (χ4v) is 4.58. The van der Waals surface area contributed by atoms with E-state index in [1.807, 2.05) is 78.9 Å². The van der Waals surface area contributed by atoms with Gasteiger partial charge in [-0.2, -0.15) is 5.10 Å². The first kappa shape index (κ1) is 31.1. The van der Waals surface area contributed by atoms with E-state index in [9.17, 15) is 9.59 Å². The molecular formula is C32H28BrCl2N3O4. The van der Waals surface area contributed by atoms with Crippen molar-refractivity contribution in [3.63, 3.8) is 0 Å². The summed E-state index contributed by atoms with van der Waals surface area (Å²) < 4.78 is 12.7. The predicted octanol–water partition coefficient (Wildman–Crippen LogP) is 6.98. The van der Waals surface area contributed by atoms with Gasteiger partial charge in [-0.05, 0) is 60.5 Å². The zero-order chi connectivity index (χ0) is 29.9. The maximum Gasteiger partial charge on any atom is 0.262 e. The number of amides is 2. The molecule has 2 amide bonds. The molecule has 0 heterocycles. The monoisotopic (exact) mass is 667 g/mol. The fourth-order valence-electron chi connectivity index (χ4n) is 3.87. The van der Waals surface area contributed by atoms with Gasteiger partial charge in [0.2, 0.25) is 0 Å². The number of nitrogens with one attached hydrogen (secondary N) is 2. The smallest absolute Gasteiger partial charge is 0.262 e. The minimum Gasteiger partial charge on any atom is -0.488 e. The standard InChI is InChI=1S/C32H28BrCl2N3O4/c1-21(42-30-16-15-26(34)18-27(30)35)31(39)37-28(17-22-7-3-2-4-8-22)32(40)38-36-19-24-9-5-6-10-29(24)41-20-23-11-13-25(33)14-12-23/h2-16,18-19,21,28H,17,20H2,1H3,(H,37,39)(H,38,40)/b36-19-/t21-,28+/m0/s1. The summed E-state index contributed by atoms with van der Waals surface area (Å²) in [5.74, 6) is -0.0704. The molecule has 0 aliphatic carbocycles. The average molecular weight is 669 g/mol. The Kier molecular flexibility index (Phi) is 11.4. The summed E-state index contributed by atoms with van der Waals surface area (Å²) in [7, 11) is 0. The highest BCUT2D eigenvalue weighted by Crippen LogP contribution is 2.28. The van der Waals surface area contributed by atoms with Crippen molar-refractivity contribution in [3.05, 3.63) is 128 Å². The number of rotatable bonds is 12. The lowest BCUT2D eigenvalue weighted by Gasteiger charge is -2.21. The highest BCUT2D eigenvalue weighted by atomic mass is 79.9. The Bertz CT molecular complexity index is 1530. The summed E-state index contributed by atoms with van der Waals surface area (Å²) >= 11 is 15.6. The van der Waals surface area contributed by atoms with Crippen molar-refractivity contribution in [2.45, 2.75) is 32.1 Å². The van der Waals surface area contributed by atoms with Gasteiger partial charge in [-0.1, -0.05) is 93.7 Å². The molecule has 0 saturated carbocycles. The van der Waals surface area contributed by atoms with E-state index in [0.717, 1.165) is 15.6 Å². The molecule has 0 aliphatic heterocycles. The zero-order valence-electron chi connectivity index (χ0n) is 22.6. The van der Waals surface area contributed by atoms with Crippen molar-refractivity contribution in [3.8, 4) is 11.5 Å². The number of hydrazone groups is 1. The Morgan fingerprint density at radius 3 is 2.33 bits per heavy atom. The SMILES string of the molecule is C[C@H](Oc1ccc(Cl)cc1Cl)C(=O)N[C@H](Cc1ccccc1)C(=O)N/N=C\c1ccccc1OCc1ccc(Br)cc1. The molecule has 4 aromatic rings. The minimum atomic E-state index is -0.937. The number of hydrogen-bond acceptors (Lipinski definition) is 5. The van der Waals surface area contributed by atoms with E-state index >= 15 is 0 Å². The maximum atomic E-state index is 13.2. The van der Waals surface area contributed by atoms with E-state index in [4.69, 9.17) is 32.7 Å². The number of benzene rings is 4. The predicted molar refractivity (Wildman–Crippen MR) is 169 cm³/mol. The summed E-state index contributed by atoms with van der Waals surface area (Å²) in [5.41, 5.74) is 5.10. The Balaban J connectivity index is 1.41. The van der Waals surface area contributed by atoms with Gasteiger partial charge in [-0.15, -0.1) is 0 Å². The molecule has 0 fully saturated rings. The number of carbonyl (C=O) groups excluding carboxylic acids is 2. The Morgan fingerprint density at radius 2 is 1.60 bits per heavy atom. The maximum absolute atomic E-state index is 13.2. The van der Waals surface area contributed by atoms with E-state index < -0.39 is 24.0 Å². The van der Waals surface area contributed by atoms with Gasteiger partial charge in [0, 0.05) is 21.5 Å². The second-order valence-corrected chi connectivity index (χ2v) is 11.0. The van der Waals surface area contributed by atoms with Gasteiger partial charge >= 0.3 is 0 Å². The zero-order valence-corrected chi connectivity index (χ0v) is 25.7. The summed E-state index contributed by atoms with van der Waals surface area (Å²) in [4.78, 5) is 26.3. The lowest BCUT2D eigenvalue weighted by atomic mass is 10.1. The molecule has 10 heteroatoms. The van der Waals surface area contributed by atoms with Gasteiger partial charge in [-0.3, -0.25) is 9.59 Å². The third-order valence-electron chi connectivity index (χ3n) is 6.09. The molecule has 0 unspecified atom stereocenters. The quantitative estimate of drug-likeness (QED) is 0.126. The van der Waals surface area contributed by atoms with Crippen molar-refractivity contribution >= 4 is 57.2 Å². The molecule has 216 valence electrons. The second-order valence-electron chi connectivity index (χ2n) is 9.27. The van der Waals surface area contributed by atoms with E-state index in [0.29, 0.717) is 28.7 Å². The molecule has 4 aromatic carbocycles. The van der Waals surface area contributed by atoms with Crippen LogP contribution in [0, 0.1) is 0 Å². The molecule has 4 rings (SSSR count). The largest absolute Gasteiger partial charge is 0.488 e. The first-order chi connectivity index (χ1) is 20.3. The molecule has 0 aromatic heterocycles. The Hall–Kier alpha value is -3.85. The van der Waals surface area contributed by atoms with Crippen LogP contribution in [-0.4, -0.2) is 30.2 Å². The normalized spacial score (nSPS) is 12.4. The van der Waals surface area contributed by atoms with Gasteiger partial charge in [0.1, 0.15) is 24.1 Å². The van der Waals surface area contributed by atoms with Crippen LogP contribution in [0.5, 0.6) is 11.5 Å². The van der Waals surface area contributed by atoms with Crippen LogP contribution < -0.4 is 20.2 Å². The van der Waals surface area contributed by atoms with Crippen LogP contribution in [0.2, 0.25) is 10.0 Å². The first-order valence-electron chi connectivity index (χ1n) is 13.0. The number of halogens is 3. The first-order valence-corrected chi connectivity index (χ1v) is 14.6. The van der Waals surface area contributed by atoms with Crippen LogP contribution in [0.25, 0.3) is 0 Å². The van der Waals surface area contributed by atoms with Gasteiger partial charge < -0.3 is 14.8 Å². The van der Waals surface area contributed by atoms with E-state index in [1.54, 1.807) is 19.1 Å². The van der Waals surface area contributed by atoms with Crippen LogP contribution in [-0.2, 0) is 22.6 Å². The molecule has 7 nitrogen and oxygen atoms in total. The third kappa shape index (κ3) is 9.34. The molecular weight excluding hydrogens is 641 g/mol. The van der Waals surface area contributed by atoms with E-state index in [1.165, 1.54) is 12.3 Å². The van der Waals surface area contributed by atoms with E-state index in [2.05, 4.69) is 31.8 Å².